The molecule has 326 valence electrons. The van der Waals surface area contributed by atoms with E-state index in [2.05, 4.69) is 0 Å². The van der Waals surface area contributed by atoms with Crippen molar-refractivity contribution < 1.29 is 87.3 Å². The molecule has 0 aromatic rings. The van der Waals surface area contributed by atoms with Crippen molar-refractivity contribution in [2.45, 2.75) is 78.6 Å². The zero-order chi connectivity index (χ0) is 43.2. The number of unbranched alkanes of at least 4 members (excludes halogenated alkanes) is 8. The van der Waals surface area contributed by atoms with Crippen molar-refractivity contribution in [2.24, 2.45) is 5.41 Å². The van der Waals surface area contributed by atoms with E-state index >= 15 is 0 Å². The van der Waals surface area contributed by atoms with E-state index < -0.39 is 105 Å². The highest BCUT2D eigenvalue weighted by Crippen LogP contribution is 2.23. The lowest BCUT2D eigenvalue weighted by Crippen LogP contribution is -2.47. The fraction of sp³-hybridized carbons (Fsp3) is 0.750. The number of hydrogen-bond acceptors (Lipinski definition) is 17. The predicted molar refractivity (Wildman–Crippen MR) is 196 cm³/mol. The summed E-state index contributed by atoms with van der Waals surface area (Å²) in [4.78, 5) is 108. The Balaban J connectivity index is 4.67. The number of carbonyl (C=O) groups is 9. The van der Waals surface area contributed by atoms with E-state index in [9.17, 15) is 43.2 Å². The van der Waals surface area contributed by atoms with E-state index in [-0.39, 0.29) is 45.9 Å². The van der Waals surface area contributed by atoms with E-state index in [1.165, 1.54) is 4.90 Å². The third kappa shape index (κ3) is 29.1. The molecule has 0 spiro atoms. The van der Waals surface area contributed by atoms with Crippen LogP contribution in [-0.2, 0) is 66.8 Å². The van der Waals surface area contributed by atoms with Crippen LogP contribution in [0.15, 0.2) is 0 Å². The summed E-state index contributed by atoms with van der Waals surface area (Å²) in [5.41, 5.74) is -1.71. The van der Waals surface area contributed by atoms with Crippen LogP contribution in [0.2, 0.25) is 0 Å². The summed E-state index contributed by atoms with van der Waals surface area (Å²) in [6.07, 6.45) is 7.29. The summed E-state index contributed by atoms with van der Waals surface area (Å²) in [5.74, 6) is -8.46. The lowest BCUT2D eigenvalue weighted by molar-refractivity contribution is -0.178. The van der Waals surface area contributed by atoms with Crippen molar-refractivity contribution in [1.29, 1.82) is 0 Å². The molecule has 0 aliphatic heterocycles. The van der Waals surface area contributed by atoms with Gasteiger partial charge in [-0.15, -0.1) is 0 Å². The molecule has 0 amide bonds. The highest BCUT2D eigenvalue weighted by Gasteiger charge is 2.44. The molecule has 57 heavy (non-hydrogen) atoms. The molecule has 0 saturated heterocycles. The summed E-state index contributed by atoms with van der Waals surface area (Å²) in [5, 5.41) is 36.5. The van der Waals surface area contributed by atoms with Gasteiger partial charge in [-0.2, -0.15) is 0 Å². The van der Waals surface area contributed by atoms with Crippen LogP contribution in [0.5, 0.6) is 0 Å². The van der Waals surface area contributed by atoms with Crippen molar-refractivity contribution in [3.05, 3.63) is 0 Å². The molecule has 21 heteroatoms. The zero-order valence-corrected chi connectivity index (χ0v) is 33.1. The van der Waals surface area contributed by atoms with E-state index in [0.29, 0.717) is 12.8 Å². The summed E-state index contributed by atoms with van der Waals surface area (Å²) in [6, 6.07) is 0. The molecular weight excluding hydrogens is 762 g/mol. The molecule has 0 aromatic carbocycles. The Morgan fingerprint density at radius 2 is 0.702 bits per heavy atom. The largest absolute Gasteiger partial charge is 0.480 e. The minimum absolute atomic E-state index is 0.0302. The molecule has 0 aliphatic rings. The van der Waals surface area contributed by atoms with Crippen molar-refractivity contribution >= 4 is 53.7 Å². The van der Waals surface area contributed by atoms with Crippen molar-refractivity contribution in [2.75, 3.05) is 91.9 Å². The average molecular weight is 822 g/mol. The number of hydrogen-bond donors (Lipinski definition) is 4. The third-order valence-electron chi connectivity index (χ3n) is 8.13. The molecule has 0 unspecified atom stereocenters. The van der Waals surface area contributed by atoms with E-state index in [1.54, 1.807) is 0 Å². The Kier molecular flexibility index (Phi) is 27.7. The van der Waals surface area contributed by atoms with Crippen LogP contribution in [0.25, 0.3) is 0 Å². The fourth-order valence-electron chi connectivity index (χ4n) is 5.22. The second-order valence-electron chi connectivity index (χ2n) is 13.4. The first-order valence-electron chi connectivity index (χ1n) is 18.6. The van der Waals surface area contributed by atoms with Crippen LogP contribution < -0.4 is 0 Å². The van der Waals surface area contributed by atoms with Gasteiger partial charge in [0.15, 0.2) is 5.41 Å². The Morgan fingerprint density at radius 1 is 0.404 bits per heavy atom. The number of aliphatic carboxylic acids is 4. The molecule has 21 nitrogen and oxygen atoms in total. The van der Waals surface area contributed by atoms with Crippen LogP contribution in [-0.4, -0.2) is 181 Å². The lowest BCUT2D eigenvalue weighted by atomic mass is 9.91. The van der Waals surface area contributed by atoms with Gasteiger partial charge >= 0.3 is 53.7 Å². The van der Waals surface area contributed by atoms with E-state index in [4.69, 9.17) is 44.1 Å². The van der Waals surface area contributed by atoms with Crippen LogP contribution in [0.1, 0.15) is 78.6 Å². The highest BCUT2D eigenvalue weighted by atomic mass is 16.6. The van der Waals surface area contributed by atoms with Gasteiger partial charge in [-0.25, -0.2) is 0 Å². The smallest absolute Gasteiger partial charge is 0.322 e. The zero-order valence-electron chi connectivity index (χ0n) is 33.1. The number of carboxylic acid groups (broad SMARTS) is 4. The summed E-state index contributed by atoms with van der Waals surface area (Å²) >= 11 is 0. The predicted octanol–water partition coefficient (Wildman–Crippen LogP) is 0.504. The van der Waals surface area contributed by atoms with Gasteiger partial charge in [-0.05, 0) is 12.8 Å². The topological polar surface area (TPSA) is 290 Å². The Hall–Kier alpha value is -4.89. The summed E-state index contributed by atoms with van der Waals surface area (Å²) in [7, 11) is 0. The Labute approximate surface area is 331 Å². The van der Waals surface area contributed by atoms with Crippen molar-refractivity contribution in [1.82, 2.24) is 14.7 Å². The maximum atomic E-state index is 13.0. The standard InChI is InChI=1S/C36H59N3O18/c1-27(40)55-24-36(25-56-28(2)41,26-57-29(3)42)35(52)54-18-12-10-8-6-4-5-7-9-11-17-53-34(51)23-37(13-15-38(19-30(43)44)20-31(45)46)14-16-39(21-32(47)48)22-33(49)50/h4-26H2,1-3H3,(H,43,44)(H,45,46)(H,47,48)(H,49,50). The van der Waals surface area contributed by atoms with Gasteiger partial charge < -0.3 is 44.1 Å². The normalized spacial score (nSPS) is 11.3. The molecule has 4 N–H and O–H groups in total. The van der Waals surface area contributed by atoms with Crippen molar-refractivity contribution in [3.8, 4) is 0 Å². The van der Waals surface area contributed by atoms with Crippen LogP contribution in [0.3, 0.4) is 0 Å². The number of carbonyl (C=O) groups excluding carboxylic acids is 5. The molecule has 0 aliphatic carbocycles. The minimum atomic E-state index is -1.71. The minimum Gasteiger partial charge on any atom is -0.480 e. The second-order valence-corrected chi connectivity index (χ2v) is 13.4. The molecule has 0 saturated carbocycles. The Bertz CT molecular complexity index is 1190. The van der Waals surface area contributed by atoms with Gasteiger partial charge in [0.05, 0.1) is 45.9 Å². The summed E-state index contributed by atoms with van der Waals surface area (Å²) < 4.78 is 25.7. The Morgan fingerprint density at radius 3 is 1.02 bits per heavy atom. The van der Waals surface area contributed by atoms with Crippen LogP contribution in [0, 0.1) is 5.41 Å². The average Bonchev–Trinajstić information content (AvgIpc) is 3.09. The van der Waals surface area contributed by atoms with Gasteiger partial charge in [0.25, 0.3) is 0 Å². The molecule has 0 aromatic heterocycles. The SMILES string of the molecule is CC(=O)OCC(COC(C)=O)(COC(C)=O)C(=O)OCCCCCCCCCCCOC(=O)CN(CCN(CC(=O)O)CC(=O)O)CCN(CC(=O)O)CC(=O)O. The number of carboxylic acids is 4. The maximum absolute atomic E-state index is 13.0. The summed E-state index contributed by atoms with van der Waals surface area (Å²) in [6.45, 7) is -0.442. The monoisotopic (exact) mass is 821 g/mol. The third-order valence-corrected chi connectivity index (χ3v) is 8.13. The first-order chi connectivity index (χ1) is 26.8. The fourth-order valence-corrected chi connectivity index (χ4v) is 5.22. The van der Waals surface area contributed by atoms with Crippen LogP contribution >= 0.6 is 0 Å². The number of ether oxygens (including phenoxy) is 5. The number of rotatable bonds is 35. The lowest BCUT2D eigenvalue weighted by Gasteiger charge is -2.29. The van der Waals surface area contributed by atoms with Crippen LogP contribution in [0.4, 0.5) is 0 Å². The van der Waals surface area contributed by atoms with Gasteiger partial charge in [0.2, 0.25) is 0 Å². The van der Waals surface area contributed by atoms with Gasteiger partial charge in [0.1, 0.15) is 19.8 Å². The molecule has 0 heterocycles. The first kappa shape index (κ1) is 52.1. The highest BCUT2D eigenvalue weighted by molar-refractivity contribution is 5.79. The second kappa shape index (κ2) is 30.3. The number of esters is 5. The van der Waals surface area contributed by atoms with Crippen molar-refractivity contribution in [3.63, 3.8) is 0 Å². The molecule has 0 bridgehead atoms. The molecule has 0 rings (SSSR count). The first-order valence-corrected chi connectivity index (χ1v) is 18.6. The van der Waals surface area contributed by atoms with E-state index in [0.717, 1.165) is 75.5 Å². The maximum Gasteiger partial charge on any atom is 0.322 e. The quantitative estimate of drug-likeness (QED) is 0.0385. The molecular formula is C36H59N3O18. The van der Waals surface area contributed by atoms with Gasteiger partial charge in [-0.1, -0.05) is 44.9 Å². The van der Waals surface area contributed by atoms with Gasteiger partial charge in [0, 0.05) is 47.0 Å². The van der Waals surface area contributed by atoms with E-state index in [1.807, 2.05) is 0 Å². The molecule has 0 fully saturated rings. The molecule has 0 atom stereocenters. The number of nitrogens with zero attached hydrogens (tertiary/aromatic N) is 3. The van der Waals surface area contributed by atoms with Gasteiger partial charge in [-0.3, -0.25) is 57.9 Å². The molecule has 0 radical (unpaired) electrons.